The van der Waals surface area contributed by atoms with E-state index in [4.69, 9.17) is 22.1 Å². The second-order valence-corrected chi connectivity index (χ2v) is 2.15. The molecule has 0 unspecified atom stereocenters. The molecular formula is C7H8ClNO. The highest BCUT2D eigenvalue weighted by molar-refractivity contribution is 6.32. The number of benzene rings is 1. The van der Waals surface area contributed by atoms with E-state index in [1.807, 2.05) is 12.1 Å². The Labute approximate surface area is 64.6 Å². The van der Waals surface area contributed by atoms with Crippen molar-refractivity contribution in [3.05, 3.63) is 29.3 Å². The van der Waals surface area contributed by atoms with Gasteiger partial charge in [-0.05, 0) is 12.1 Å². The van der Waals surface area contributed by atoms with Gasteiger partial charge in [-0.1, -0.05) is 23.7 Å². The van der Waals surface area contributed by atoms with Gasteiger partial charge in [-0.25, -0.2) is 0 Å². The van der Waals surface area contributed by atoms with Crippen LogP contribution in [0.1, 0.15) is 0 Å². The molecule has 0 aliphatic heterocycles. The number of rotatable bonds is 2. The molecule has 0 fully saturated rings. The molecule has 0 heterocycles. The van der Waals surface area contributed by atoms with Crippen LogP contribution in [0.25, 0.3) is 0 Å². The van der Waals surface area contributed by atoms with Crippen molar-refractivity contribution in [1.82, 2.24) is 0 Å². The highest BCUT2D eigenvalue weighted by Crippen LogP contribution is 2.22. The summed E-state index contributed by atoms with van der Waals surface area (Å²) >= 11 is 5.72. The van der Waals surface area contributed by atoms with Crippen molar-refractivity contribution in [2.24, 2.45) is 5.73 Å². The minimum atomic E-state index is 0.156. The Morgan fingerprint density at radius 2 is 2.10 bits per heavy atom. The van der Waals surface area contributed by atoms with Crippen molar-refractivity contribution in [2.75, 3.05) is 6.73 Å². The zero-order chi connectivity index (χ0) is 7.40. The van der Waals surface area contributed by atoms with Crippen LogP contribution in [0.3, 0.4) is 0 Å². The van der Waals surface area contributed by atoms with E-state index in [1.54, 1.807) is 12.1 Å². The molecule has 0 saturated carbocycles. The molecule has 1 rings (SSSR count). The lowest BCUT2D eigenvalue weighted by Crippen LogP contribution is -2.07. The molecule has 1 aromatic carbocycles. The predicted molar refractivity (Wildman–Crippen MR) is 41.1 cm³/mol. The van der Waals surface area contributed by atoms with Gasteiger partial charge >= 0.3 is 0 Å². The highest BCUT2D eigenvalue weighted by atomic mass is 35.5. The zero-order valence-electron chi connectivity index (χ0n) is 5.38. The van der Waals surface area contributed by atoms with E-state index in [1.165, 1.54) is 0 Å². The van der Waals surface area contributed by atoms with Crippen molar-refractivity contribution < 1.29 is 4.74 Å². The van der Waals surface area contributed by atoms with Gasteiger partial charge in [0.2, 0.25) is 0 Å². The van der Waals surface area contributed by atoms with Crippen LogP contribution in [0.5, 0.6) is 5.75 Å². The first kappa shape index (κ1) is 7.38. The Balaban J connectivity index is 2.81. The first-order valence-electron chi connectivity index (χ1n) is 2.92. The second-order valence-electron chi connectivity index (χ2n) is 1.74. The molecule has 54 valence electrons. The molecule has 0 aliphatic rings. The van der Waals surface area contributed by atoms with Gasteiger partial charge in [0.1, 0.15) is 12.5 Å². The van der Waals surface area contributed by atoms with Crippen LogP contribution >= 0.6 is 11.6 Å². The van der Waals surface area contributed by atoms with Gasteiger partial charge < -0.3 is 4.74 Å². The zero-order valence-corrected chi connectivity index (χ0v) is 6.14. The molecule has 3 heteroatoms. The molecule has 0 amide bonds. The number of hydrogen-bond donors (Lipinski definition) is 1. The number of para-hydroxylation sites is 1. The van der Waals surface area contributed by atoms with Crippen molar-refractivity contribution in [2.45, 2.75) is 0 Å². The summed E-state index contributed by atoms with van der Waals surface area (Å²) in [5.41, 5.74) is 5.15. The van der Waals surface area contributed by atoms with Crippen LogP contribution in [0.2, 0.25) is 5.02 Å². The molecule has 0 aliphatic carbocycles. The third-order valence-corrected chi connectivity index (χ3v) is 1.39. The van der Waals surface area contributed by atoms with E-state index in [-0.39, 0.29) is 6.73 Å². The summed E-state index contributed by atoms with van der Waals surface area (Å²) in [6, 6.07) is 7.21. The Kier molecular flexibility index (Phi) is 2.54. The van der Waals surface area contributed by atoms with Crippen LogP contribution in [-0.2, 0) is 0 Å². The third kappa shape index (κ3) is 1.62. The van der Waals surface area contributed by atoms with E-state index in [0.29, 0.717) is 10.8 Å². The Hall–Kier alpha value is -0.730. The molecule has 1 aromatic rings. The average Bonchev–Trinajstić information content (AvgIpc) is 1.94. The quantitative estimate of drug-likeness (QED) is 0.663. The lowest BCUT2D eigenvalue weighted by atomic mass is 10.3. The highest BCUT2D eigenvalue weighted by Gasteiger charge is 1.95. The van der Waals surface area contributed by atoms with Crippen molar-refractivity contribution >= 4 is 11.6 Å². The van der Waals surface area contributed by atoms with Gasteiger partial charge in [0, 0.05) is 0 Å². The summed E-state index contributed by atoms with van der Waals surface area (Å²) in [5, 5.41) is 0.591. The van der Waals surface area contributed by atoms with Crippen molar-refractivity contribution in [1.29, 1.82) is 0 Å². The average molecular weight is 158 g/mol. The summed E-state index contributed by atoms with van der Waals surface area (Å²) in [4.78, 5) is 0. The largest absolute Gasteiger partial charge is 0.477 e. The SMILES string of the molecule is NCOc1ccccc1Cl. The standard InChI is InChI=1S/C7H8ClNO/c8-6-3-1-2-4-7(6)10-5-9/h1-4H,5,9H2. The van der Waals surface area contributed by atoms with Gasteiger partial charge in [0.15, 0.2) is 0 Å². The lowest BCUT2D eigenvalue weighted by molar-refractivity contribution is 0.330. The number of hydrogen-bond acceptors (Lipinski definition) is 2. The van der Waals surface area contributed by atoms with E-state index >= 15 is 0 Å². The van der Waals surface area contributed by atoms with E-state index < -0.39 is 0 Å². The van der Waals surface area contributed by atoms with E-state index in [9.17, 15) is 0 Å². The van der Waals surface area contributed by atoms with Crippen LogP contribution in [0.15, 0.2) is 24.3 Å². The van der Waals surface area contributed by atoms with Crippen molar-refractivity contribution in [3.8, 4) is 5.75 Å². The van der Waals surface area contributed by atoms with Gasteiger partial charge in [0.05, 0.1) is 5.02 Å². The Morgan fingerprint density at radius 1 is 1.40 bits per heavy atom. The predicted octanol–water partition coefficient (Wildman–Crippen LogP) is 1.64. The minimum absolute atomic E-state index is 0.156. The summed E-state index contributed by atoms with van der Waals surface area (Å²) < 4.78 is 4.98. The molecule has 2 N–H and O–H groups in total. The Bertz CT molecular complexity index is 215. The molecular weight excluding hydrogens is 150 g/mol. The lowest BCUT2D eigenvalue weighted by Gasteiger charge is -2.02. The number of nitrogens with two attached hydrogens (primary N) is 1. The first-order valence-corrected chi connectivity index (χ1v) is 3.30. The fourth-order valence-corrected chi connectivity index (χ4v) is 0.842. The smallest absolute Gasteiger partial charge is 0.139 e. The molecule has 0 bridgehead atoms. The van der Waals surface area contributed by atoms with Gasteiger partial charge in [0.25, 0.3) is 0 Å². The Morgan fingerprint density at radius 3 is 2.70 bits per heavy atom. The minimum Gasteiger partial charge on any atom is -0.477 e. The maximum Gasteiger partial charge on any atom is 0.139 e. The first-order chi connectivity index (χ1) is 4.84. The molecule has 0 spiro atoms. The topological polar surface area (TPSA) is 35.2 Å². The maximum atomic E-state index is 5.72. The maximum absolute atomic E-state index is 5.72. The van der Waals surface area contributed by atoms with Gasteiger partial charge in [-0.2, -0.15) is 0 Å². The molecule has 0 saturated heterocycles. The summed E-state index contributed by atoms with van der Waals surface area (Å²) in [7, 11) is 0. The molecule has 10 heavy (non-hydrogen) atoms. The summed E-state index contributed by atoms with van der Waals surface area (Å²) in [5.74, 6) is 0.631. The van der Waals surface area contributed by atoms with Crippen molar-refractivity contribution in [3.63, 3.8) is 0 Å². The fraction of sp³-hybridized carbons (Fsp3) is 0.143. The molecule has 0 atom stereocenters. The summed E-state index contributed by atoms with van der Waals surface area (Å²) in [6.07, 6.45) is 0. The van der Waals surface area contributed by atoms with Gasteiger partial charge in [-0.15, -0.1) is 0 Å². The second kappa shape index (κ2) is 3.44. The monoisotopic (exact) mass is 157 g/mol. The molecule has 2 nitrogen and oxygen atoms in total. The normalized spacial score (nSPS) is 9.40. The van der Waals surface area contributed by atoms with Crippen LogP contribution < -0.4 is 10.5 Å². The third-order valence-electron chi connectivity index (χ3n) is 1.08. The fourth-order valence-electron chi connectivity index (χ4n) is 0.652. The van der Waals surface area contributed by atoms with Crippen LogP contribution in [0, 0.1) is 0 Å². The molecule has 0 radical (unpaired) electrons. The van der Waals surface area contributed by atoms with Crippen LogP contribution in [-0.4, -0.2) is 6.73 Å². The summed E-state index contributed by atoms with van der Waals surface area (Å²) in [6.45, 7) is 0.156. The van der Waals surface area contributed by atoms with Gasteiger partial charge in [-0.3, -0.25) is 5.73 Å². The number of ether oxygens (including phenoxy) is 1. The number of halogens is 1. The van der Waals surface area contributed by atoms with E-state index in [0.717, 1.165) is 0 Å². The molecule has 0 aromatic heterocycles. The van der Waals surface area contributed by atoms with E-state index in [2.05, 4.69) is 0 Å². The van der Waals surface area contributed by atoms with Crippen LogP contribution in [0.4, 0.5) is 0 Å².